The second kappa shape index (κ2) is 3.61. The molecule has 0 unspecified atom stereocenters. The minimum Gasteiger partial charge on any atom is -0.513 e. The van der Waals surface area contributed by atoms with Crippen molar-refractivity contribution in [1.82, 2.24) is 0 Å². The first-order chi connectivity index (χ1) is 5.20. The van der Waals surface area contributed by atoms with Crippen molar-refractivity contribution in [2.45, 2.75) is 26.2 Å². The molecule has 0 aromatic heterocycles. The fourth-order valence-corrected chi connectivity index (χ4v) is 1.63. The van der Waals surface area contributed by atoms with Gasteiger partial charge >= 0.3 is 0 Å². The van der Waals surface area contributed by atoms with Crippen LogP contribution in [0.25, 0.3) is 0 Å². The molecule has 62 valence electrons. The summed E-state index contributed by atoms with van der Waals surface area (Å²) in [7, 11) is 0. The highest BCUT2D eigenvalue weighted by molar-refractivity contribution is 4.98. The molecule has 0 radical (unpaired) electrons. The van der Waals surface area contributed by atoms with E-state index in [4.69, 9.17) is 5.11 Å². The number of hydrogen-bond donors (Lipinski definition) is 1. The quantitative estimate of drug-likeness (QED) is 0.476. The summed E-state index contributed by atoms with van der Waals surface area (Å²) in [6, 6.07) is 0. The second-order valence-electron chi connectivity index (χ2n) is 3.40. The molecular formula is C10H16O. The van der Waals surface area contributed by atoms with Crippen molar-refractivity contribution in [3.63, 3.8) is 0 Å². The molecule has 1 nitrogen and oxygen atoms in total. The Hall–Kier alpha value is -0.720. The van der Waals surface area contributed by atoms with Crippen molar-refractivity contribution < 1.29 is 5.11 Å². The summed E-state index contributed by atoms with van der Waals surface area (Å²) in [4.78, 5) is 0. The molecule has 11 heavy (non-hydrogen) atoms. The van der Waals surface area contributed by atoms with Crippen LogP contribution in [0.2, 0.25) is 0 Å². The Morgan fingerprint density at radius 2 is 2.45 bits per heavy atom. The average Bonchev–Trinajstić information content (AvgIpc) is 1.93. The van der Waals surface area contributed by atoms with Gasteiger partial charge in [0, 0.05) is 6.42 Å². The Balaban J connectivity index is 2.45. The maximum atomic E-state index is 9.00. The van der Waals surface area contributed by atoms with E-state index in [-0.39, 0.29) is 0 Å². The molecule has 0 fully saturated rings. The number of aliphatic hydroxyl groups is 1. The highest BCUT2D eigenvalue weighted by Crippen LogP contribution is 2.28. The topological polar surface area (TPSA) is 20.2 Å². The van der Waals surface area contributed by atoms with E-state index >= 15 is 0 Å². The summed E-state index contributed by atoms with van der Waals surface area (Å²) >= 11 is 0. The fraction of sp³-hybridized carbons (Fsp3) is 0.600. The van der Waals surface area contributed by atoms with Crippen molar-refractivity contribution in [1.29, 1.82) is 0 Å². The van der Waals surface area contributed by atoms with Gasteiger partial charge in [-0.1, -0.05) is 25.7 Å². The van der Waals surface area contributed by atoms with Crippen LogP contribution in [0, 0.1) is 11.8 Å². The van der Waals surface area contributed by atoms with Crippen LogP contribution >= 0.6 is 0 Å². The number of rotatable bonds is 2. The lowest BCUT2D eigenvalue weighted by molar-refractivity contribution is 0.303. The van der Waals surface area contributed by atoms with Gasteiger partial charge in [-0.25, -0.2) is 0 Å². The molecule has 1 N–H and O–H groups in total. The van der Waals surface area contributed by atoms with E-state index in [2.05, 4.69) is 25.7 Å². The van der Waals surface area contributed by atoms with Gasteiger partial charge in [0.15, 0.2) is 0 Å². The van der Waals surface area contributed by atoms with Gasteiger partial charge < -0.3 is 5.11 Å². The van der Waals surface area contributed by atoms with Crippen LogP contribution in [0.5, 0.6) is 0 Å². The molecule has 0 saturated carbocycles. The molecule has 1 rings (SSSR count). The number of aliphatic hydroxyl groups excluding tert-OH is 1. The molecule has 0 spiro atoms. The molecule has 2 atom stereocenters. The first-order valence-electron chi connectivity index (χ1n) is 4.23. The summed E-state index contributed by atoms with van der Waals surface area (Å²) in [6.45, 7) is 5.71. The highest BCUT2D eigenvalue weighted by Gasteiger charge is 2.17. The SMILES string of the molecule is C=C(O)C[C@@H]1CCC=C[C@@H]1C. The van der Waals surface area contributed by atoms with E-state index in [0.717, 1.165) is 12.8 Å². The molecular weight excluding hydrogens is 136 g/mol. The lowest BCUT2D eigenvalue weighted by atomic mass is 9.83. The van der Waals surface area contributed by atoms with E-state index < -0.39 is 0 Å². The third kappa shape index (κ3) is 2.41. The molecule has 1 aliphatic rings. The van der Waals surface area contributed by atoms with Crippen LogP contribution in [0.1, 0.15) is 26.2 Å². The predicted octanol–water partition coefficient (Wildman–Crippen LogP) is 3.05. The van der Waals surface area contributed by atoms with Gasteiger partial charge in [0.05, 0.1) is 5.76 Å². The van der Waals surface area contributed by atoms with E-state index in [1.54, 1.807) is 0 Å². The van der Waals surface area contributed by atoms with Crippen LogP contribution in [0.4, 0.5) is 0 Å². The van der Waals surface area contributed by atoms with Gasteiger partial charge in [0.1, 0.15) is 0 Å². The van der Waals surface area contributed by atoms with Gasteiger partial charge in [-0.3, -0.25) is 0 Å². The molecule has 0 heterocycles. The van der Waals surface area contributed by atoms with Crippen molar-refractivity contribution in [2.24, 2.45) is 11.8 Å². The largest absolute Gasteiger partial charge is 0.513 e. The Labute approximate surface area is 68.4 Å². The lowest BCUT2D eigenvalue weighted by Crippen LogP contribution is -2.13. The monoisotopic (exact) mass is 152 g/mol. The van der Waals surface area contributed by atoms with Gasteiger partial charge in [-0.05, 0) is 24.7 Å². The van der Waals surface area contributed by atoms with Crippen LogP contribution < -0.4 is 0 Å². The normalized spacial score (nSPS) is 30.3. The van der Waals surface area contributed by atoms with Crippen molar-refractivity contribution in [3.05, 3.63) is 24.5 Å². The standard InChI is InChI=1S/C10H16O/c1-8-5-3-4-6-10(8)7-9(2)11/h3,5,8,10-11H,2,4,6-7H2,1H3/t8-,10-/m0/s1. The van der Waals surface area contributed by atoms with Gasteiger partial charge in [0.2, 0.25) is 0 Å². The van der Waals surface area contributed by atoms with E-state index in [1.165, 1.54) is 6.42 Å². The Morgan fingerprint density at radius 1 is 1.73 bits per heavy atom. The highest BCUT2D eigenvalue weighted by atomic mass is 16.3. The van der Waals surface area contributed by atoms with Crippen molar-refractivity contribution in [2.75, 3.05) is 0 Å². The molecule has 0 aromatic rings. The van der Waals surface area contributed by atoms with Gasteiger partial charge in [-0.2, -0.15) is 0 Å². The molecule has 0 saturated heterocycles. The van der Waals surface area contributed by atoms with Crippen LogP contribution in [-0.2, 0) is 0 Å². The summed E-state index contributed by atoms with van der Waals surface area (Å²) in [5.74, 6) is 1.54. The first-order valence-corrected chi connectivity index (χ1v) is 4.23. The third-order valence-electron chi connectivity index (χ3n) is 2.39. The lowest BCUT2D eigenvalue weighted by Gasteiger charge is -2.23. The molecule has 0 aromatic carbocycles. The van der Waals surface area contributed by atoms with Gasteiger partial charge in [-0.15, -0.1) is 0 Å². The minimum absolute atomic E-state index is 0.331. The molecule has 0 aliphatic heterocycles. The zero-order chi connectivity index (χ0) is 8.27. The fourth-order valence-electron chi connectivity index (χ4n) is 1.63. The van der Waals surface area contributed by atoms with Crippen LogP contribution in [0.15, 0.2) is 24.5 Å². The predicted molar refractivity (Wildman–Crippen MR) is 47.4 cm³/mol. The maximum Gasteiger partial charge on any atom is 0.0854 e. The third-order valence-corrected chi connectivity index (χ3v) is 2.39. The van der Waals surface area contributed by atoms with Crippen molar-refractivity contribution in [3.8, 4) is 0 Å². The Bertz CT molecular complexity index is 170. The van der Waals surface area contributed by atoms with Crippen LogP contribution in [0.3, 0.4) is 0 Å². The number of hydrogen-bond acceptors (Lipinski definition) is 1. The van der Waals surface area contributed by atoms with E-state index in [1.807, 2.05) is 0 Å². The van der Waals surface area contributed by atoms with Gasteiger partial charge in [0.25, 0.3) is 0 Å². The molecule has 1 aliphatic carbocycles. The van der Waals surface area contributed by atoms with Crippen molar-refractivity contribution >= 4 is 0 Å². The van der Waals surface area contributed by atoms with Crippen LogP contribution in [-0.4, -0.2) is 5.11 Å². The zero-order valence-electron chi connectivity index (χ0n) is 7.09. The summed E-state index contributed by atoms with van der Waals surface area (Å²) in [6.07, 6.45) is 7.57. The summed E-state index contributed by atoms with van der Waals surface area (Å²) in [5, 5.41) is 9.00. The Kier molecular flexibility index (Phi) is 2.75. The van der Waals surface area contributed by atoms with E-state index in [9.17, 15) is 0 Å². The zero-order valence-corrected chi connectivity index (χ0v) is 7.09. The number of allylic oxidation sites excluding steroid dienone is 3. The molecule has 1 heteroatoms. The van der Waals surface area contributed by atoms with E-state index in [0.29, 0.717) is 17.6 Å². The maximum absolute atomic E-state index is 9.00. The smallest absolute Gasteiger partial charge is 0.0854 e. The summed E-state index contributed by atoms with van der Waals surface area (Å²) < 4.78 is 0. The minimum atomic E-state index is 0.331. The molecule has 0 amide bonds. The summed E-state index contributed by atoms with van der Waals surface area (Å²) in [5.41, 5.74) is 0. The average molecular weight is 152 g/mol. The first kappa shape index (κ1) is 8.38. The Morgan fingerprint density at radius 3 is 3.00 bits per heavy atom. The molecule has 0 bridgehead atoms. The second-order valence-corrected chi connectivity index (χ2v) is 3.40.